The standard InChI is InChI=1S/C7H10IN2/c1-3-7-6(8)5-9-10(7)4-2/h3-4H2,1-2H3. The molecule has 0 saturated carbocycles. The molecule has 1 rings (SSSR count). The Morgan fingerprint density at radius 3 is 2.70 bits per heavy atom. The van der Waals surface area contributed by atoms with E-state index in [-0.39, 0.29) is 0 Å². The van der Waals surface area contributed by atoms with E-state index >= 15 is 0 Å². The van der Waals surface area contributed by atoms with E-state index in [1.807, 2.05) is 4.68 Å². The van der Waals surface area contributed by atoms with E-state index in [1.165, 1.54) is 5.69 Å². The fourth-order valence-electron chi connectivity index (χ4n) is 0.942. The van der Waals surface area contributed by atoms with Gasteiger partial charge in [-0.1, -0.05) is 6.92 Å². The summed E-state index contributed by atoms with van der Waals surface area (Å²) in [6.07, 6.45) is 3.98. The quantitative estimate of drug-likeness (QED) is 0.731. The van der Waals surface area contributed by atoms with Gasteiger partial charge in [0.2, 0.25) is 0 Å². The number of hydrogen-bond donors (Lipinski definition) is 0. The van der Waals surface area contributed by atoms with Crippen LogP contribution in [0.4, 0.5) is 0 Å². The fourth-order valence-corrected chi connectivity index (χ4v) is 1.71. The van der Waals surface area contributed by atoms with Crippen molar-refractivity contribution in [2.75, 3.05) is 0 Å². The van der Waals surface area contributed by atoms with Gasteiger partial charge < -0.3 is 0 Å². The van der Waals surface area contributed by atoms with Gasteiger partial charge in [-0.25, -0.2) is 0 Å². The largest absolute Gasteiger partial charge is 0.268 e. The molecule has 0 N–H and O–H groups in total. The van der Waals surface area contributed by atoms with Crippen molar-refractivity contribution < 1.29 is 0 Å². The molecule has 55 valence electrons. The molecule has 0 aliphatic carbocycles. The molecule has 0 unspecified atom stereocenters. The third-order valence-corrected chi connectivity index (χ3v) is 2.33. The number of aryl methyl sites for hydroxylation is 1. The van der Waals surface area contributed by atoms with E-state index < -0.39 is 0 Å². The lowest BCUT2D eigenvalue weighted by Crippen LogP contribution is -2.01. The molecule has 0 aliphatic heterocycles. The van der Waals surface area contributed by atoms with Crippen LogP contribution in [0.2, 0.25) is 0 Å². The second-order valence-corrected chi connectivity index (χ2v) is 3.12. The van der Waals surface area contributed by atoms with Gasteiger partial charge in [0.1, 0.15) is 6.20 Å². The molecule has 0 aromatic carbocycles. The van der Waals surface area contributed by atoms with Crippen LogP contribution in [0.1, 0.15) is 19.5 Å². The van der Waals surface area contributed by atoms with E-state index in [0.29, 0.717) is 0 Å². The zero-order valence-corrected chi connectivity index (χ0v) is 8.34. The lowest BCUT2D eigenvalue weighted by Gasteiger charge is -2.00. The van der Waals surface area contributed by atoms with E-state index in [0.717, 1.165) is 16.5 Å². The summed E-state index contributed by atoms with van der Waals surface area (Å²) in [4.78, 5) is 0. The molecule has 1 heterocycles. The number of aromatic nitrogens is 2. The molecule has 0 amide bonds. The maximum absolute atomic E-state index is 4.09. The highest BCUT2D eigenvalue weighted by Gasteiger charge is 2.03. The number of rotatable bonds is 2. The Balaban J connectivity index is 3.01. The Morgan fingerprint density at radius 1 is 1.60 bits per heavy atom. The van der Waals surface area contributed by atoms with Crippen LogP contribution in [0, 0.1) is 9.77 Å². The highest BCUT2D eigenvalue weighted by atomic mass is 127. The third-order valence-electron chi connectivity index (χ3n) is 1.47. The van der Waals surface area contributed by atoms with Crippen LogP contribution >= 0.6 is 22.6 Å². The van der Waals surface area contributed by atoms with Gasteiger partial charge in [0.25, 0.3) is 0 Å². The highest BCUT2D eigenvalue weighted by molar-refractivity contribution is 14.1. The van der Waals surface area contributed by atoms with Gasteiger partial charge >= 0.3 is 0 Å². The highest BCUT2D eigenvalue weighted by Crippen LogP contribution is 2.10. The second-order valence-electron chi connectivity index (χ2n) is 2.04. The summed E-state index contributed by atoms with van der Waals surface area (Å²) in [6.45, 7) is 5.18. The van der Waals surface area contributed by atoms with Gasteiger partial charge in [0.05, 0.1) is 9.26 Å². The fraction of sp³-hybridized carbons (Fsp3) is 0.571. The summed E-state index contributed by atoms with van der Waals surface area (Å²) >= 11 is 2.27. The van der Waals surface area contributed by atoms with Crippen molar-refractivity contribution in [3.05, 3.63) is 15.5 Å². The Hall–Kier alpha value is -0.0600. The van der Waals surface area contributed by atoms with E-state index in [1.54, 1.807) is 0 Å². The van der Waals surface area contributed by atoms with Crippen molar-refractivity contribution >= 4 is 22.6 Å². The normalized spacial score (nSPS) is 10.3. The van der Waals surface area contributed by atoms with E-state index in [2.05, 4.69) is 47.7 Å². The minimum atomic E-state index is 0.947. The number of nitrogens with zero attached hydrogens (tertiary/aromatic N) is 2. The Labute approximate surface area is 74.8 Å². The average molecular weight is 249 g/mol. The third kappa shape index (κ3) is 1.33. The molecule has 0 saturated heterocycles. The first-order valence-electron chi connectivity index (χ1n) is 3.42. The molecule has 10 heavy (non-hydrogen) atoms. The van der Waals surface area contributed by atoms with Crippen molar-refractivity contribution in [3.63, 3.8) is 0 Å². The molecule has 0 bridgehead atoms. The lowest BCUT2D eigenvalue weighted by molar-refractivity contribution is 0.624. The number of hydrogen-bond acceptors (Lipinski definition) is 1. The van der Waals surface area contributed by atoms with Crippen LogP contribution in [-0.2, 0) is 13.0 Å². The van der Waals surface area contributed by atoms with Gasteiger partial charge in [0.15, 0.2) is 0 Å². The van der Waals surface area contributed by atoms with E-state index in [4.69, 9.17) is 0 Å². The summed E-state index contributed by atoms with van der Waals surface area (Å²) < 4.78 is 3.14. The maximum atomic E-state index is 4.09. The zero-order chi connectivity index (χ0) is 7.56. The topological polar surface area (TPSA) is 17.8 Å². The summed E-state index contributed by atoms with van der Waals surface area (Å²) in [6, 6.07) is 0. The molecule has 1 aromatic heterocycles. The molecule has 0 spiro atoms. The first-order chi connectivity index (χ1) is 4.79. The van der Waals surface area contributed by atoms with Gasteiger partial charge in [0, 0.05) is 6.54 Å². The Bertz CT molecular complexity index is 217. The van der Waals surface area contributed by atoms with Gasteiger partial charge in [-0.05, 0) is 35.9 Å². The van der Waals surface area contributed by atoms with Gasteiger partial charge in [-0.2, -0.15) is 5.10 Å². The molecule has 0 fully saturated rings. The van der Waals surface area contributed by atoms with Crippen molar-refractivity contribution in [1.29, 1.82) is 0 Å². The molecule has 0 aliphatic rings. The average Bonchev–Trinajstić information content (AvgIpc) is 2.30. The van der Waals surface area contributed by atoms with Crippen LogP contribution in [0.3, 0.4) is 0 Å². The smallest absolute Gasteiger partial charge is 0.127 e. The van der Waals surface area contributed by atoms with Crippen molar-refractivity contribution in [1.82, 2.24) is 9.78 Å². The minimum absolute atomic E-state index is 0.947. The molecule has 1 aromatic rings. The minimum Gasteiger partial charge on any atom is -0.268 e. The summed E-state index contributed by atoms with van der Waals surface area (Å²) in [7, 11) is 0. The lowest BCUT2D eigenvalue weighted by atomic mass is 10.3. The summed E-state index contributed by atoms with van der Waals surface area (Å²) in [5.74, 6) is 0. The van der Waals surface area contributed by atoms with Gasteiger partial charge in [-0.3, -0.25) is 4.68 Å². The number of halogens is 1. The van der Waals surface area contributed by atoms with Crippen LogP contribution in [0.5, 0.6) is 0 Å². The molecule has 1 radical (unpaired) electrons. The van der Waals surface area contributed by atoms with Crippen LogP contribution in [0.25, 0.3) is 0 Å². The SMILES string of the molecule is CCc1c(I)[c]nn1CC. The van der Waals surface area contributed by atoms with Crippen molar-refractivity contribution in [2.24, 2.45) is 0 Å². The predicted molar refractivity (Wildman–Crippen MR) is 48.8 cm³/mol. The monoisotopic (exact) mass is 249 g/mol. The van der Waals surface area contributed by atoms with Crippen LogP contribution in [-0.4, -0.2) is 9.78 Å². The Kier molecular flexibility index (Phi) is 2.71. The Morgan fingerprint density at radius 2 is 2.30 bits per heavy atom. The molecular weight excluding hydrogens is 239 g/mol. The van der Waals surface area contributed by atoms with Crippen LogP contribution < -0.4 is 0 Å². The summed E-state index contributed by atoms with van der Waals surface area (Å²) in [5, 5.41) is 4.09. The molecular formula is C7H10IN2. The van der Waals surface area contributed by atoms with Crippen molar-refractivity contribution in [2.45, 2.75) is 26.8 Å². The van der Waals surface area contributed by atoms with Gasteiger partial charge in [-0.15, -0.1) is 0 Å². The summed E-state index contributed by atoms with van der Waals surface area (Å²) in [5.41, 5.74) is 1.29. The molecule has 0 atom stereocenters. The molecule has 2 nitrogen and oxygen atoms in total. The maximum Gasteiger partial charge on any atom is 0.127 e. The zero-order valence-electron chi connectivity index (χ0n) is 6.19. The van der Waals surface area contributed by atoms with E-state index in [9.17, 15) is 0 Å². The second kappa shape index (κ2) is 3.37. The molecule has 3 heteroatoms. The first-order valence-corrected chi connectivity index (χ1v) is 4.50. The first kappa shape index (κ1) is 8.04. The van der Waals surface area contributed by atoms with Crippen molar-refractivity contribution in [3.8, 4) is 0 Å². The van der Waals surface area contributed by atoms with Crippen LogP contribution in [0.15, 0.2) is 0 Å². The predicted octanol–water partition coefficient (Wildman–Crippen LogP) is 1.87.